The molecule has 0 amide bonds. The van der Waals surface area contributed by atoms with Gasteiger partial charge >= 0.3 is 0 Å². The van der Waals surface area contributed by atoms with E-state index in [1.165, 1.54) is 17.7 Å². The summed E-state index contributed by atoms with van der Waals surface area (Å²) in [6, 6.07) is 6.61. The van der Waals surface area contributed by atoms with Gasteiger partial charge in [0.25, 0.3) is 0 Å². The summed E-state index contributed by atoms with van der Waals surface area (Å²) in [6.07, 6.45) is 4.85. The summed E-state index contributed by atoms with van der Waals surface area (Å²) in [6.45, 7) is 0. The van der Waals surface area contributed by atoms with E-state index in [1.54, 1.807) is 6.20 Å². The molecule has 1 heterocycles. The molecule has 1 aliphatic carbocycles. The first-order chi connectivity index (χ1) is 9.65. The van der Waals surface area contributed by atoms with Crippen molar-refractivity contribution in [3.8, 4) is 0 Å². The molecule has 2 nitrogen and oxygen atoms in total. The van der Waals surface area contributed by atoms with Crippen LogP contribution >= 0.6 is 23.2 Å². The SMILES string of the molecule is Fc1cc(Cl)c(NC2CCCc3cccnc32)c(Cl)c1. The Labute approximate surface area is 126 Å². The van der Waals surface area contributed by atoms with Crippen molar-refractivity contribution in [3.63, 3.8) is 0 Å². The second kappa shape index (κ2) is 5.58. The van der Waals surface area contributed by atoms with E-state index in [0.717, 1.165) is 25.0 Å². The van der Waals surface area contributed by atoms with Gasteiger partial charge in [0.15, 0.2) is 0 Å². The van der Waals surface area contributed by atoms with Gasteiger partial charge < -0.3 is 5.32 Å². The standard InChI is InChI=1S/C15H13Cl2FN2/c16-11-7-10(18)8-12(17)15(11)20-13-5-1-3-9-4-2-6-19-14(9)13/h2,4,6-8,13,20H,1,3,5H2. The highest BCUT2D eigenvalue weighted by molar-refractivity contribution is 6.39. The number of aryl methyl sites for hydroxylation is 1. The minimum atomic E-state index is -0.437. The highest BCUT2D eigenvalue weighted by Crippen LogP contribution is 2.37. The molecule has 1 N–H and O–H groups in total. The van der Waals surface area contributed by atoms with Gasteiger partial charge in [0.2, 0.25) is 0 Å². The van der Waals surface area contributed by atoms with Gasteiger partial charge in [-0.15, -0.1) is 0 Å². The summed E-state index contributed by atoms with van der Waals surface area (Å²) < 4.78 is 13.2. The van der Waals surface area contributed by atoms with Crippen molar-refractivity contribution in [1.29, 1.82) is 0 Å². The Bertz CT molecular complexity index is 623. The fraction of sp³-hybridized carbons (Fsp3) is 0.267. The number of aromatic nitrogens is 1. The highest BCUT2D eigenvalue weighted by Gasteiger charge is 2.22. The molecule has 0 saturated heterocycles. The Balaban J connectivity index is 1.94. The lowest BCUT2D eigenvalue weighted by Crippen LogP contribution is -2.19. The lowest BCUT2D eigenvalue weighted by Gasteiger charge is -2.26. The molecule has 1 atom stereocenters. The molecule has 1 unspecified atom stereocenters. The number of anilines is 1. The van der Waals surface area contributed by atoms with Crippen LogP contribution in [0.2, 0.25) is 10.0 Å². The van der Waals surface area contributed by atoms with E-state index in [0.29, 0.717) is 5.69 Å². The molecule has 0 saturated carbocycles. The van der Waals surface area contributed by atoms with Gasteiger partial charge in [-0.1, -0.05) is 29.3 Å². The van der Waals surface area contributed by atoms with Gasteiger partial charge in [-0.2, -0.15) is 0 Å². The summed E-state index contributed by atoms with van der Waals surface area (Å²) in [7, 11) is 0. The predicted octanol–water partition coefficient (Wildman–Crippen LogP) is 5.02. The number of hydrogen-bond donors (Lipinski definition) is 1. The van der Waals surface area contributed by atoms with E-state index in [4.69, 9.17) is 23.2 Å². The maximum Gasteiger partial charge on any atom is 0.126 e. The zero-order valence-electron chi connectivity index (χ0n) is 10.7. The van der Waals surface area contributed by atoms with Crippen molar-refractivity contribution in [3.05, 3.63) is 57.6 Å². The van der Waals surface area contributed by atoms with Crippen LogP contribution in [-0.2, 0) is 6.42 Å². The minimum absolute atomic E-state index is 0.0559. The number of pyridine rings is 1. The van der Waals surface area contributed by atoms with Gasteiger partial charge in [-0.25, -0.2) is 4.39 Å². The van der Waals surface area contributed by atoms with E-state index in [2.05, 4.69) is 16.4 Å². The molecule has 5 heteroatoms. The Morgan fingerprint density at radius 2 is 2.00 bits per heavy atom. The fourth-order valence-electron chi connectivity index (χ4n) is 2.60. The molecule has 0 bridgehead atoms. The Morgan fingerprint density at radius 1 is 1.25 bits per heavy atom. The van der Waals surface area contributed by atoms with Gasteiger partial charge in [0.05, 0.1) is 27.5 Å². The average molecular weight is 311 g/mol. The van der Waals surface area contributed by atoms with E-state index in [1.807, 2.05) is 6.07 Å². The fourth-order valence-corrected chi connectivity index (χ4v) is 3.17. The Hall–Kier alpha value is -1.32. The quantitative estimate of drug-likeness (QED) is 0.842. The third-order valence-electron chi connectivity index (χ3n) is 3.52. The monoisotopic (exact) mass is 310 g/mol. The van der Waals surface area contributed by atoms with Crippen LogP contribution < -0.4 is 5.32 Å². The topological polar surface area (TPSA) is 24.9 Å². The Kier molecular flexibility index (Phi) is 3.81. The first-order valence-electron chi connectivity index (χ1n) is 6.50. The molecule has 3 rings (SSSR count). The zero-order valence-corrected chi connectivity index (χ0v) is 12.2. The van der Waals surface area contributed by atoms with Crippen LogP contribution in [0.5, 0.6) is 0 Å². The molecule has 1 aromatic heterocycles. The van der Waals surface area contributed by atoms with E-state index in [-0.39, 0.29) is 16.1 Å². The van der Waals surface area contributed by atoms with E-state index in [9.17, 15) is 4.39 Å². The number of rotatable bonds is 2. The zero-order chi connectivity index (χ0) is 14.1. The maximum atomic E-state index is 13.2. The van der Waals surface area contributed by atoms with E-state index >= 15 is 0 Å². The van der Waals surface area contributed by atoms with Crippen molar-refractivity contribution < 1.29 is 4.39 Å². The molecule has 0 fully saturated rings. The molecule has 1 aliphatic rings. The normalized spacial score (nSPS) is 17.6. The lowest BCUT2D eigenvalue weighted by molar-refractivity contribution is 0.583. The molecule has 20 heavy (non-hydrogen) atoms. The Morgan fingerprint density at radius 3 is 2.75 bits per heavy atom. The number of hydrogen-bond acceptors (Lipinski definition) is 2. The summed E-state index contributed by atoms with van der Waals surface area (Å²) in [5, 5.41) is 3.89. The molecular formula is C15H13Cl2FN2. The highest BCUT2D eigenvalue weighted by atomic mass is 35.5. The number of nitrogens with one attached hydrogen (secondary N) is 1. The number of benzene rings is 1. The number of fused-ring (bicyclic) bond motifs is 1. The minimum Gasteiger partial charge on any atom is -0.374 e. The van der Waals surface area contributed by atoms with Gasteiger partial charge in [0.1, 0.15) is 5.82 Å². The second-order valence-electron chi connectivity index (χ2n) is 4.88. The van der Waals surface area contributed by atoms with Crippen LogP contribution in [-0.4, -0.2) is 4.98 Å². The smallest absolute Gasteiger partial charge is 0.126 e. The van der Waals surface area contributed by atoms with Crippen LogP contribution in [0.3, 0.4) is 0 Å². The third-order valence-corrected chi connectivity index (χ3v) is 4.12. The van der Waals surface area contributed by atoms with Crippen LogP contribution in [0.4, 0.5) is 10.1 Å². The molecule has 1 aromatic carbocycles. The van der Waals surface area contributed by atoms with E-state index < -0.39 is 5.82 Å². The molecule has 0 spiro atoms. The molecule has 0 aliphatic heterocycles. The van der Waals surface area contributed by atoms with Gasteiger partial charge in [-0.05, 0) is 43.0 Å². The first kappa shape index (κ1) is 13.7. The summed E-state index contributed by atoms with van der Waals surface area (Å²) in [4.78, 5) is 4.45. The van der Waals surface area contributed by atoms with Crippen LogP contribution in [0.25, 0.3) is 0 Å². The molecule has 2 aromatic rings. The van der Waals surface area contributed by atoms with Crippen molar-refractivity contribution in [2.24, 2.45) is 0 Å². The summed E-state index contributed by atoms with van der Waals surface area (Å²) >= 11 is 12.1. The predicted molar refractivity (Wildman–Crippen MR) is 80.0 cm³/mol. The van der Waals surface area contributed by atoms with Crippen LogP contribution in [0.1, 0.15) is 30.1 Å². The van der Waals surface area contributed by atoms with Gasteiger partial charge in [0, 0.05) is 6.20 Å². The molecular weight excluding hydrogens is 298 g/mol. The summed E-state index contributed by atoms with van der Waals surface area (Å²) in [5.74, 6) is -0.437. The molecule has 0 radical (unpaired) electrons. The first-order valence-corrected chi connectivity index (χ1v) is 7.25. The number of nitrogens with zero attached hydrogens (tertiary/aromatic N) is 1. The van der Waals surface area contributed by atoms with Crippen molar-refractivity contribution in [2.45, 2.75) is 25.3 Å². The third kappa shape index (κ3) is 2.60. The summed E-state index contributed by atoms with van der Waals surface area (Å²) in [5.41, 5.74) is 2.83. The largest absolute Gasteiger partial charge is 0.374 e. The molecule has 104 valence electrons. The van der Waals surface area contributed by atoms with Crippen molar-refractivity contribution in [1.82, 2.24) is 4.98 Å². The number of halogens is 3. The lowest BCUT2D eigenvalue weighted by atomic mass is 9.92. The van der Waals surface area contributed by atoms with Crippen molar-refractivity contribution in [2.75, 3.05) is 5.32 Å². The van der Waals surface area contributed by atoms with Crippen LogP contribution in [0.15, 0.2) is 30.5 Å². The second-order valence-corrected chi connectivity index (χ2v) is 5.70. The van der Waals surface area contributed by atoms with Crippen LogP contribution in [0, 0.1) is 5.82 Å². The van der Waals surface area contributed by atoms with Crippen molar-refractivity contribution >= 4 is 28.9 Å². The van der Waals surface area contributed by atoms with Gasteiger partial charge in [-0.3, -0.25) is 4.98 Å². The maximum absolute atomic E-state index is 13.2. The average Bonchev–Trinajstić information content (AvgIpc) is 2.43.